The summed E-state index contributed by atoms with van der Waals surface area (Å²) in [7, 11) is 0. The van der Waals surface area contributed by atoms with Crippen molar-refractivity contribution in [3.05, 3.63) is 0 Å². The number of hydrogen-bond donors (Lipinski definition) is 1. The molecule has 19 heavy (non-hydrogen) atoms. The van der Waals surface area contributed by atoms with E-state index in [1.807, 2.05) is 13.8 Å². The van der Waals surface area contributed by atoms with Crippen molar-refractivity contribution in [2.75, 3.05) is 33.0 Å². The molecule has 0 aliphatic rings. The lowest BCUT2D eigenvalue weighted by Gasteiger charge is -2.08. The smallest absolute Gasteiger partial charge is 0.245 e. The molecule has 5 nitrogen and oxygen atoms in total. The van der Waals surface area contributed by atoms with Crippen LogP contribution in [0, 0.1) is 5.92 Å². The van der Waals surface area contributed by atoms with Gasteiger partial charge in [-0.2, -0.15) is 0 Å². The average molecular weight is 273 g/mol. The van der Waals surface area contributed by atoms with Crippen molar-refractivity contribution in [2.45, 2.75) is 40.0 Å². The summed E-state index contributed by atoms with van der Waals surface area (Å²) < 4.78 is 10.2. The topological polar surface area (TPSA) is 64.6 Å². The molecule has 112 valence electrons. The molecule has 5 heteroatoms. The minimum absolute atomic E-state index is 0.0803. The van der Waals surface area contributed by atoms with Crippen LogP contribution in [0.1, 0.15) is 40.0 Å². The second-order valence-electron chi connectivity index (χ2n) is 4.61. The maximum absolute atomic E-state index is 11.3. The first-order chi connectivity index (χ1) is 9.07. The van der Waals surface area contributed by atoms with Gasteiger partial charge in [-0.25, -0.2) is 0 Å². The predicted molar refractivity (Wildman–Crippen MR) is 74.0 cm³/mol. The van der Waals surface area contributed by atoms with Crippen LogP contribution >= 0.6 is 0 Å². The van der Waals surface area contributed by atoms with E-state index in [9.17, 15) is 9.59 Å². The van der Waals surface area contributed by atoms with Crippen molar-refractivity contribution in [1.29, 1.82) is 0 Å². The van der Waals surface area contributed by atoms with Gasteiger partial charge in [-0.1, -0.05) is 13.3 Å². The quantitative estimate of drug-likeness (QED) is 0.548. The summed E-state index contributed by atoms with van der Waals surface area (Å²) in [6.45, 7) is 7.81. The van der Waals surface area contributed by atoms with Crippen LogP contribution in [-0.4, -0.2) is 44.7 Å². The number of nitrogens with one attached hydrogen (secondary N) is 1. The highest BCUT2D eigenvalue weighted by atomic mass is 16.5. The highest BCUT2D eigenvalue weighted by Gasteiger charge is 2.06. The van der Waals surface area contributed by atoms with E-state index in [0.29, 0.717) is 26.4 Å². The minimum Gasteiger partial charge on any atom is -0.379 e. The second kappa shape index (κ2) is 12.1. The third-order valence-electron chi connectivity index (χ3n) is 2.89. The van der Waals surface area contributed by atoms with Crippen LogP contribution in [-0.2, 0) is 19.1 Å². The molecule has 0 saturated carbocycles. The summed E-state index contributed by atoms with van der Waals surface area (Å²) in [4.78, 5) is 22.4. The fourth-order valence-corrected chi connectivity index (χ4v) is 1.48. The zero-order valence-electron chi connectivity index (χ0n) is 12.4. The summed E-state index contributed by atoms with van der Waals surface area (Å²) in [5.74, 6) is 0.250. The number of ether oxygens (including phenoxy) is 2. The Balaban J connectivity index is 3.31. The van der Waals surface area contributed by atoms with E-state index >= 15 is 0 Å². The molecule has 1 N–H and O–H groups in total. The minimum atomic E-state index is -0.101. The number of carbonyl (C=O) groups is 2. The third kappa shape index (κ3) is 11.9. The lowest BCUT2D eigenvalue weighted by atomic mass is 10.0. The first-order valence-corrected chi connectivity index (χ1v) is 7.00. The summed E-state index contributed by atoms with van der Waals surface area (Å²) in [5.41, 5.74) is 0. The van der Waals surface area contributed by atoms with Gasteiger partial charge in [0.15, 0.2) is 0 Å². The number of amides is 1. The molecule has 0 aromatic rings. The van der Waals surface area contributed by atoms with E-state index in [2.05, 4.69) is 5.32 Å². The normalized spacial score (nSPS) is 12.2. The molecule has 0 rings (SSSR count). The van der Waals surface area contributed by atoms with Gasteiger partial charge in [-0.3, -0.25) is 9.59 Å². The molecular weight excluding hydrogens is 246 g/mol. The van der Waals surface area contributed by atoms with E-state index in [-0.39, 0.29) is 24.2 Å². The van der Waals surface area contributed by atoms with Crippen molar-refractivity contribution in [3.63, 3.8) is 0 Å². The number of Topliss-reactive ketones (excluding diaryl/α,β-unsaturated/α-hetero) is 1. The van der Waals surface area contributed by atoms with Gasteiger partial charge in [0.25, 0.3) is 0 Å². The lowest BCUT2D eigenvalue weighted by molar-refractivity contribution is -0.126. The first kappa shape index (κ1) is 18.1. The van der Waals surface area contributed by atoms with Gasteiger partial charge in [0.1, 0.15) is 12.4 Å². The molecule has 0 bridgehead atoms. The van der Waals surface area contributed by atoms with Crippen molar-refractivity contribution < 1.29 is 19.1 Å². The van der Waals surface area contributed by atoms with Gasteiger partial charge in [0.05, 0.1) is 13.2 Å². The molecule has 0 aromatic carbocycles. The largest absolute Gasteiger partial charge is 0.379 e. The predicted octanol–water partition coefficient (Wildman–Crippen LogP) is 1.55. The van der Waals surface area contributed by atoms with E-state index in [1.165, 1.54) is 0 Å². The second-order valence-corrected chi connectivity index (χ2v) is 4.61. The molecular formula is C14H27NO4. The lowest BCUT2D eigenvalue weighted by Crippen LogP contribution is -2.29. The van der Waals surface area contributed by atoms with Crippen LogP contribution in [0.3, 0.4) is 0 Å². The Bertz CT molecular complexity index is 256. The van der Waals surface area contributed by atoms with Crippen LogP contribution in [0.5, 0.6) is 0 Å². The van der Waals surface area contributed by atoms with Crippen molar-refractivity contribution in [1.82, 2.24) is 5.32 Å². The Morgan fingerprint density at radius 3 is 2.47 bits per heavy atom. The van der Waals surface area contributed by atoms with Gasteiger partial charge in [-0.15, -0.1) is 0 Å². The molecule has 1 amide bonds. The highest BCUT2D eigenvalue weighted by Crippen LogP contribution is 2.07. The summed E-state index contributed by atoms with van der Waals surface area (Å²) >= 11 is 0. The Labute approximate surface area is 116 Å². The van der Waals surface area contributed by atoms with Gasteiger partial charge in [-0.05, 0) is 26.7 Å². The van der Waals surface area contributed by atoms with Crippen LogP contribution in [0.2, 0.25) is 0 Å². The number of hydrogen-bond acceptors (Lipinski definition) is 4. The molecule has 0 fully saturated rings. The Kier molecular flexibility index (Phi) is 11.5. The van der Waals surface area contributed by atoms with Crippen LogP contribution in [0.25, 0.3) is 0 Å². The van der Waals surface area contributed by atoms with E-state index < -0.39 is 0 Å². The maximum Gasteiger partial charge on any atom is 0.245 e. The molecule has 0 radical (unpaired) electrons. The molecule has 0 spiro atoms. The molecule has 0 aliphatic carbocycles. The van der Waals surface area contributed by atoms with Gasteiger partial charge in [0, 0.05) is 19.1 Å². The van der Waals surface area contributed by atoms with Gasteiger partial charge < -0.3 is 14.8 Å². The SMILES string of the molecule is CCOCCOCC(=O)NCCCC[C@H](C)C(C)=O. The maximum atomic E-state index is 11.3. The number of carbonyl (C=O) groups excluding carboxylic acids is 2. The summed E-state index contributed by atoms with van der Waals surface area (Å²) in [6.07, 6.45) is 2.73. The van der Waals surface area contributed by atoms with Crippen molar-refractivity contribution in [3.8, 4) is 0 Å². The Morgan fingerprint density at radius 1 is 1.16 bits per heavy atom. The summed E-state index contributed by atoms with van der Waals surface area (Å²) in [5, 5.41) is 2.79. The molecule has 0 unspecified atom stereocenters. The van der Waals surface area contributed by atoms with E-state index in [4.69, 9.17) is 9.47 Å². The fraction of sp³-hybridized carbons (Fsp3) is 0.857. The highest BCUT2D eigenvalue weighted by molar-refractivity contribution is 5.77. The number of rotatable bonds is 12. The zero-order chi connectivity index (χ0) is 14.5. The fourth-order valence-electron chi connectivity index (χ4n) is 1.48. The van der Waals surface area contributed by atoms with E-state index in [1.54, 1.807) is 6.92 Å². The first-order valence-electron chi connectivity index (χ1n) is 7.00. The van der Waals surface area contributed by atoms with Gasteiger partial charge >= 0.3 is 0 Å². The molecule has 0 aromatic heterocycles. The third-order valence-corrected chi connectivity index (χ3v) is 2.89. The van der Waals surface area contributed by atoms with E-state index in [0.717, 1.165) is 19.3 Å². The van der Waals surface area contributed by atoms with Crippen molar-refractivity contribution in [2.24, 2.45) is 5.92 Å². The van der Waals surface area contributed by atoms with Gasteiger partial charge in [0.2, 0.25) is 5.91 Å². The Morgan fingerprint density at radius 2 is 1.84 bits per heavy atom. The molecule has 0 aliphatic heterocycles. The monoisotopic (exact) mass is 273 g/mol. The molecule has 1 atom stereocenters. The average Bonchev–Trinajstić information content (AvgIpc) is 2.37. The standard InChI is InChI=1S/C14H27NO4/c1-4-18-9-10-19-11-14(17)15-8-6-5-7-12(2)13(3)16/h12H,4-11H2,1-3H3,(H,15,17)/t12-/m0/s1. The zero-order valence-corrected chi connectivity index (χ0v) is 12.4. The number of ketones is 1. The summed E-state index contributed by atoms with van der Waals surface area (Å²) in [6, 6.07) is 0. The van der Waals surface area contributed by atoms with Crippen molar-refractivity contribution >= 4 is 11.7 Å². The van der Waals surface area contributed by atoms with Crippen LogP contribution in [0.15, 0.2) is 0 Å². The molecule has 0 saturated heterocycles. The Hall–Kier alpha value is -0.940. The van der Waals surface area contributed by atoms with Crippen LogP contribution in [0.4, 0.5) is 0 Å². The number of unbranched alkanes of at least 4 members (excludes halogenated alkanes) is 1. The molecule has 0 heterocycles. The van der Waals surface area contributed by atoms with Crippen LogP contribution < -0.4 is 5.32 Å².